The fraction of sp³-hybridized carbons (Fsp3) is 1.00. The van der Waals surface area contributed by atoms with Crippen molar-refractivity contribution in [3.05, 3.63) is 0 Å². The van der Waals surface area contributed by atoms with E-state index >= 15 is 0 Å². The first-order valence-electron chi connectivity index (χ1n) is 2.70. The van der Waals surface area contributed by atoms with Crippen molar-refractivity contribution >= 4 is 0 Å². The second-order valence-corrected chi connectivity index (χ2v) is 2.54. The highest BCUT2D eigenvalue weighted by atomic mass is 19.3. The highest BCUT2D eigenvalue weighted by Gasteiger charge is 2.52. The van der Waals surface area contributed by atoms with Crippen LogP contribution in [-0.2, 0) is 4.74 Å². The first-order valence-corrected chi connectivity index (χ1v) is 2.70. The lowest BCUT2D eigenvalue weighted by atomic mass is 9.92. The van der Waals surface area contributed by atoms with Gasteiger partial charge in [-0.2, -0.15) is 0 Å². The van der Waals surface area contributed by atoms with Crippen LogP contribution in [0.3, 0.4) is 0 Å². The minimum absolute atomic E-state index is 0.0312. The minimum atomic E-state index is -2.81. The fourth-order valence-electron chi connectivity index (χ4n) is 0.575. The Morgan fingerprint density at radius 2 is 2.00 bits per heavy atom. The van der Waals surface area contributed by atoms with Gasteiger partial charge in [-0.1, -0.05) is 0 Å². The maximum atomic E-state index is 12.3. The first kappa shape index (κ1) is 6.89. The van der Waals surface area contributed by atoms with Crippen LogP contribution in [0.1, 0.15) is 6.92 Å². The van der Waals surface area contributed by atoms with E-state index in [1.807, 2.05) is 0 Å². The van der Waals surface area contributed by atoms with Crippen LogP contribution >= 0.6 is 0 Å². The highest BCUT2D eigenvalue weighted by Crippen LogP contribution is 2.31. The molecule has 0 atom stereocenters. The van der Waals surface area contributed by atoms with E-state index in [1.54, 1.807) is 0 Å². The normalized spacial score (nSPS) is 25.3. The maximum Gasteiger partial charge on any atom is 0.267 e. The zero-order valence-electron chi connectivity index (χ0n) is 5.16. The van der Waals surface area contributed by atoms with E-state index in [4.69, 9.17) is 5.73 Å². The first-order chi connectivity index (χ1) is 3.96. The lowest BCUT2D eigenvalue weighted by molar-refractivity contribution is -0.177. The molecule has 1 rings (SSSR count). The molecule has 1 fully saturated rings. The highest BCUT2D eigenvalue weighted by molar-refractivity contribution is 5.00. The maximum absolute atomic E-state index is 12.3. The monoisotopic (exact) mass is 137 g/mol. The van der Waals surface area contributed by atoms with Gasteiger partial charge < -0.3 is 10.5 Å². The van der Waals surface area contributed by atoms with Gasteiger partial charge in [0.05, 0.1) is 13.2 Å². The van der Waals surface area contributed by atoms with E-state index in [0.29, 0.717) is 0 Å². The van der Waals surface area contributed by atoms with Crippen LogP contribution in [0.5, 0.6) is 0 Å². The zero-order valence-corrected chi connectivity index (χ0v) is 5.16. The molecule has 0 aromatic rings. The average Bonchev–Trinajstić information content (AvgIpc) is 1.57. The van der Waals surface area contributed by atoms with Gasteiger partial charge in [0, 0.05) is 6.92 Å². The van der Waals surface area contributed by atoms with Crippen molar-refractivity contribution in [3.8, 4) is 0 Å². The summed E-state index contributed by atoms with van der Waals surface area (Å²) in [5.41, 5.74) is 3.81. The lowest BCUT2D eigenvalue weighted by Crippen LogP contribution is -2.67. The van der Waals surface area contributed by atoms with Crippen molar-refractivity contribution in [1.82, 2.24) is 0 Å². The van der Waals surface area contributed by atoms with Gasteiger partial charge >= 0.3 is 0 Å². The fourth-order valence-corrected chi connectivity index (χ4v) is 0.575. The van der Waals surface area contributed by atoms with Crippen LogP contribution in [0, 0.1) is 0 Å². The molecule has 2 N–H and O–H groups in total. The van der Waals surface area contributed by atoms with Crippen LogP contribution < -0.4 is 5.73 Å². The zero-order chi connectivity index (χ0) is 7.12. The molecule has 0 aromatic carbocycles. The second kappa shape index (κ2) is 1.64. The molecule has 1 saturated heterocycles. The Balaban J connectivity index is 2.59. The van der Waals surface area contributed by atoms with Gasteiger partial charge in [0.2, 0.25) is 0 Å². The number of hydrogen-bond acceptors (Lipinski definition) is 2. The molecule has 0 aliphatic carbocycles. The second-order valence-electron chi connectivity index (χ2n) is 2.54. The van der Waals surface area contributed by atoms with Crippen LogP contribution in [-0.4, -0.2) is 24.7 Å². The summed E-state index contributed by atoms with van der Waals surface area (Å²) in [7, 11) is 0. The van der Waals surface area contributed by atoms with Crippen LogP contribution in [0.25, 0.3) is 0 Å². The summed E-state index contributed by atoms with van der Waals surface area (Å²) in [6, 6.07) is 0. The predicted octanol–water partition coefficient (Wildman–Crippen LogP) is 0.369. The molecule has 1 aliphatic rings. The molecular weight excluding hydrogens is 128 g/mol. The molecule has 0 spiro atoms. The number of ether oxygens (including phenoxy) is 1. The molecule has 0 unspecified atom stereocenters. The third kappa shape index (κ3) is 0.923. The lowest BCUT2D eigenvalue weighted by Gasteiger charge is -2.41. The summed E-state index contributed by atoms with van der Waals surface area (Å²) in [6.45, 7) is 0.752. The third-order valence-electron chi connectivity index (χ3n) is 1.59. The van der Waals surface area contributed by atoms with Crippen molar-refractivity contribution in [2.45, 2.75) is 18.4 Å². The van der Waals surface area contributed by atoms with E-state index in [-0.39, 0.29) is 13.2 Å². The SMILES string of the molecule is CC(F)(F)C1(N)COC1. The number of hydrogen-bond donors (Lipinski definition) is 1. The molecule has 0 bridgehead atoms. The average molecular weight is 137 g/mol. The van der Waals surface area contributed by atoms with E-state index < -0.39 is 11.5 Å². The van der Waals surface area contributed by atoms with Gasteiger partial charge in [-0.05, 0) is 0 Å². The topological polar surface area (TPSA) is 35.2 Å². The number of alkyl halides is 2. The van der Waals surface area contributed by atoms with Gasteiger partial charge in [0.15, 0.2) is 0 Å². The summed E-state index contributed by atoms with van der Waals surface area (Å²) in [5.74, 6) is -2.81. The summed E-state index contributed by atoms with van der Waals surface area (Å²) in [4.78, 5) is 0. The molecule has 1 aliphatic heterocycles. The van der Waals surface area contributed by atoms with E-state index in [2.05, 4.69) is 4.74 Å². The molecule has 0 radical (unpaired) electrons. The number of halogens is 2. The van der Waals surface area contributed by atoms with Crippen LogP contribution in [0.15, 0.2) is 0 Å². The predicted molar refractivity (Wildman–Crippen MR) is 28.4 cm³/mol. The van der Waals surface area contributed by atoms with Gasteiger partial charge in [-0.15, -0.1) is 0 Å². The van der Waals surface area contributed by atoms with Crippen molar-refractivity contribution in [3.63, 3.8) is 0 Å². The van der Waals surface area contributed by atoms with Crippen molar-refractivity contribution in [1.29, 1.82) is 0 Å². The van der Waals surface area contributed by atoms with Gasteiger partial charge in [0.1, 0.15) is 5.54 Å². The Bertz CT molecular complexity index is 117. The van der Waals surface area contributed by atoms with Crippen molar-refractivity contribution in [2.24, 2.45) is 5.73 Å². The van der Waals surface area contributed by atoms with Crippen LogP contribution in [0.2, 0.25) is 0 Å². The van der Waals surface area contributed by atoms with Crippen LogP contribution in [0.4, 0.5) is 8.78 Å². The molecule has 54 valence electrons. The number of rotatable bonds is 1. The van der Waals surface area contributed by atoms with Gasteiger partial charge in [-0.3, -0.25) is 0 Å². The Labute approximate surface area is 52.0 Å². The summed E-state index contributed by atoms with van der Waals surface area (Å²) in [6.07, 6.45) is 0. The van der Waals surface area contributed by atoms with Gasteiger partial charge in [0.25, 0.3) is 5.92 Å². The molecule has 0 saturated carbocycles. The van der Waals surface area contributed by atoms with Gasteiger partial charge in [-0.25, -0.2) is 8.78 Å². The van der Waals surface area contributed by atoms with E-state index in [0.717, 1.165) is 6.92 Å². The summed E-state index contributed by atoms with van der Waals surface area (Å²) >= 11 is 0. The Hall–Kier alpha value is -0.220. The quantitative estimate of drug-likeness (QED) is 0.566. The Morgan fingerprint density at radius 3 is 2.00 bits per heavy atom. The molecule has 0 amide bonds. The third-order valence-corrected chi connectivity index (χ3v) is 1.59. The largest absolute Gasteiger partial charge is 0.377 e. The standard InChI is InChI=1S/C5H9F2NO/c1-4(6,7)5(8)2-9-3-5/h2-3,8H2,1H3. The molecule has 2 nitrogen and oxygen atoms in total. The molecule has 0 aromatic heterocycles. The summed E-state index contributed by atoms with van der Waals surface area (Å²) in [5, 5.41) is 0. The van der Waals surface area contributed by atoms with E-state index in [1.165, 1.54) is 0 Å². The summed E-state index contributed by atoms with van der Waals surface area (Å²) < 4.78 is 29.3. The minimum Gasteiger partial charge on any atom is -0.377 e. The molecule has 4 heteroatoms. The Morgan fingerprint density at radius 1 is 1.56 bits per heavy atom. The Kier molecular flexibility index (Phi) is 1.25. The molecule has 9 heavy (non-hydrogen) atoms. The molecule has 1 heterocycles. The smallest absolute Gasteiger partial charge is 0.267 e. The van der Waals surface area contributed by atoms with Crippen molar-refractivity contribution < 1.29 is 13.5 Å². The van der Waals surface area contributed by atoms with Crippen molar-refractivity contribution in [2.75, 3.05) is 13.2 Å². The number of nitrogens with two attached hydrogens (primary N) is 1. The molecular formula is C5H9F2NO. The van der Waals surface area contributed by atoms with E-state index in [9.17, 15) is 8.78 Å².